The molecule has 0 unspecified atom stereocenters. The zero-order valence-corrected chi connectivity index (χ0v) is 13.6. The van der Waals surface area contributed by atoms with E-state index in [0.717, 1.165) is 6.07 Å². The van der Waals surface area contributed by atoms with E-state index >= 15 is 0 Å². The van der Waals surface area contributed by atoms with Crippen LogP contribution in [0.1, 0.15) is 17.3 Å². The maximum atomic E-state index is 12.1. The van der Waals surface area contributed by atoms with Crippen LogP contribution >= 0.6 is 0 Å². The highest BCUT2D eigenvalue weighted by molar-refractivity contribution is 7.89. The molecule has 3 N–H and O–H groups in total. The largest absolute Gasteiger partial charge is 0.449 e. The zero-order valence-electron chi connectivity index (χ0n) is 12.8. The van der Waals surface area contributed by atoms with Gasteiger partial charge >= 0.3 is 5.97 Å². The van der Waals surface area contributed by atoms with E-state index in [0.29, 0.717) is 5.69 Å². The SMILES string of the molecule is C[C@H](OC(=O)c1cccc(S(N)(=O)=O)c1)C(=O)Nc1ccccc1. The number of hydrogen-bond acceptors (Lipinski definition) is 5. The Balaban J connectivity index is 2.05. The molecule has 0 radical (unpaired) electrons. The average molecular weight is 348 g/mol. The van der Waals surface area contributed by atoms with Crippen LogP contribution in [0.15, 0.2) is 59.5 Å². The number of anilines is 1. The minimum absolute atomic E-state index is 0.0131. The minimum Gasteiger partial charge on any atom is -0.449 e. The van der Waals surface area contributed by atoms with Gasteiger partial charge in [-0.1, -0.05) is 24.3 Å². The van der Waals surface area contributed by atoms with E-state index in [-0.39, 0.29) is 10.5 Å². The normalized spacial score (nSPS) is 12.2. The first-order chi connectivity index (χ1) is 11.3. The number of nitrogens with two attached hydrogens (primary N) is 1. The van der Waals surface area contributed by atoms with E-state index in [2.05, 4.69) is 5.32 Å². The van der Waals surface area contributed by atoms with Gasteiger partial charge in [-0.15, -0.1) is 0 Å². The summed E-state index contributed by atoms with van der Waals surface area (Å²) in [4.78, 5) is 23.8. The van der Waals surface area contributed by atoms with Gasteiger partial charge in [-0.05, 0) is 37.3 Å². The third-order valence-corrected chi connectivity index (χ3v) is 4.00. The van der Waals surface area contributed by atoms with Crippen LogP contribution in [0, 0.1) is 0 Å². The number of benzene rings is 2. The Morgan fingerprint density at radius 1 is 1.08 bits per heavy atom. The van der Waals surface area contributed by atoms with Gasteiger partial charge in [-0.2, -0.15) is 0 Å². The number of primary sulfonamides is 1. The lowest BCUT2D eigenvalue weighted by atomic mass is 10.2. The van der Waals surface area contributed by atoms with Crippen molar-refractivity contribution in [3.05, 3.63) is 60.2 Å². The lowest BCUT2D eigenvalue weighted by Gasteiger charge is -2.13. The molecule has 0 fully saturated rings. The molecule has 0 aliphatic rings. The maximum absolute atomic E-state index is 12.1. The molecular weight excluding hydrogens is 332 g/mol. The minimum atomic E-state index is -3.93. The predicted octanol–water partition coefficient (Wildman–Crippen LogP) is 1.52. The molecule has 1 amide bonds. The first-order valence-electron chi connectivity index (χ1n) is 6.97. The molecule has 0 saturated heterocycles. The number of carbonyl (C=O) groups is 2. The van der Waals surface area contributed by atoms with Crippen LogP contribution in [-0.2, 0) is 19.6 Å². The molecule has 0 spiro atoms. The number of ether oxygens (including phenoxy) is 1. The van der Waals surface area contributed by atoms with Crippen LogP contribution in [-0.4, -0.2) is 26.4 Å². The second-order valence-electron chi connectivity index (χ2n) is 4.98. The summed E-state index contributed by atoms with van der Waals surface area (Å²) in [6.45, 7) is 1.42. The average Bonchev–Trinajstić information content (AvgIpc) is 2.55. The summed E-state index contributed by atoms with van der Waals surface area (Å²) in [6, 6.07) is 13.8. The highest BCUT2D eigenvalue weighted by atomic mass is 32.2. The van der Waals surface area contributed by atoms with Crippen LogP contribution in [0.2, 0.25) is 0 Å². The first kappa shape index (κ1) is 17.6. The molecule has 8 heteroatoms. The quantitative estimate of drug-likeness (QED) is 0.795. The third kappa shape index (κ3) is 4.64. The number of rotatable bonds is 5. The zero-order chi connectivity index (χ0) is 17.7. The van der Waals surface area contributed by atoms with Crippen molar-refractivity contribution in [3.8, 4) is 0 Å². The molecule has 2 aromatic rings. The van der Waals surface area contributed by atoms with Crippen molar-refractivity contribution in [3.63, 3.8) is 0 Å². The van der Waals surface area contributed by atoms with Gasteiger partial charge in [-0.3, -0.25) is 4.79 Å². The van der Waals surface area contributed by atoms with Crippen LogP contribution in [0.5, 0.6) is 0 Å². The summed E-state index contributed by atoms with van der Waals surface area (Å²) in [7, 11) is -3.93. The Labute approximate surface area is 139 Å². The molecule has 0 bridgehead atoms. The summed E-state index contributed by atoms with van der Waals surface area (Å²) in [5.74, 6) is -1.33. The van der Waals surface area contributed by atoms with Crippen molar-refractivity contribution in [1.29, 1.82) is 0 Å². The summed E-state index contributed by atoms with van der Waals surface area (Å²) in [5, 5.41) is 7.62. The van der Waals surface area contributed by atoms with Crippen molar-refractivity contribution in [1.82, 2.24) is 0 Å². The third-order valence-electron chi connectivity index (χ3n) is 3.09. The molecule has 24 heavy (non-hydrogen) atoms. The number of amides is 1. The summed E-state index contributed by atoms with van der Waals surface area (Å²) in [5.41, 5.74) is 0.558. The molecule has 0 aliphatic carbocycles. The first-order valence-corrected chi connectivity index (χ1v) is 8.52. The van der Waals surface area contributed by atoms with Crippen molar-refractivity contribution in [2.24, 2.45) is 5.14 Å². The fraction of sp³-hybridized carbons (Fsp3) is 0.125. The highest BCUT2D eigenvalue weighted by Gasteiger charge is 2.20. The molecule has 2 rings (SSSR count). The Hall–Kier alpha value is -2.71. The molecule has 126 valence electrons. The predicted molar refractivity (Wildman–Crippen MR) is 87.8 cm³/mol. The fourth-order valence-electron chi connectivity index (χ4n) is 1.85. The van der Waals surface area contributed by atoms with E-state index in [1.165, 1.54) is 25.1 Å². The van der Waals surface area contributed by atoms with Crippen molar-refractivity contribution < 1.29 is 22.7 Å². The van der Waals surface area contributed by atoms with Crippen molar-refractivity contribution in [2.45, 2.75) is 17.9 Å². The highest BCUT2D eigenvalue weighted by Crippen LogP contribution is 2.12. The van der Waals surface area contributed by atoms with E-state index < -0.39 is 28.0 Å². The topological polar surface area (TPSA) is 116 Å². The molecule has 0 heterocycles. The Morgan fingerprint density at radius 3 is 2.38 bits per heavy atom. The van der Waals surface area contributed by atoms with Gasteiger partial charge in [0.2, 0.25) is 10.0 Å². The molecule has 0 aromatic heterocycles. The van der Waals surface area contributed by atoms with E-state index in [9.17, 15) is 18.0 Å². The second kappa shape index (κ2) is 7.24. The number of nitrogens with one attached hydrogen (secondary N) is 1. The van der Waals surface area contributed by atoms with Crippen molar-refractivity contribution in [2.75, 3.05) is 5.32 Å². The van der Waals surface area contributed by atoms with E-state index in [4.69, 9.17) is 9.88 Å². The van der Waals surface area contributed by atoms with Crippen LogP contribution in [0.4, 0.5) is 5.69 Å². The lowest BCUT2D eigenvalue weighted by Crippen LogP contribution is -2.30. The van der Waals surface area contributed by atoms with Gasteiger partial charge in [0.05, 0.1) is 10.5 Å². The smallest absolute Gasteiger partial charge is 0.338 e. The molecule has 1 atom stereocenters. The number of sulfonamides is 1. The second-order valence-corrected chi connectivity index (χ2v) is 6.54. The van der Waals surface area contributed by atoms with Gasteiger partial charge in [0.15, 0.2) is 6.10 Å². The van der Waals surface area contributed by atoms with E-state index in [1.54, 1.807) is 30.3 Å². The van der Waals surface area contributed by atoms with Gasteiger partial charge in [-0.25, -0.2) is 18.4 Å². The summed E-state index contributed by atoms with van der Waals surface area (Å²) >= 11 is 0. The monoisotopic (exact) mass is 348 g/mol. The number of esters is 1. The number of para-hydroxylation sites is 1. The van der Waals surface area contributed by atoms with Crippen molar-refractivity contribution >= 4 is 27.6 Å². The molecule has 0 aliphatic heterocycles. The van der Waals surface area contributed by atoms with Gasteiger partial charge in [0, 0.05) is 5.69 Å². The Bertz CT molecular complexity index is 850. The Kier molecular flexibility index (Phi) is 5.32. The molecular formula is C16H16N2O5S. The lowest BCUT2D eigenvalue weighted by molar-refractivity contribution is -0.123. The fourth-order valence-corrected chi connectivity index (χ4v) is 2.41. The van der Waals surface area contributed by atoms with E-state index in [1.807, 2.05) is 0 Å². The summed E-state index contributed by atoms with van der Waals surface area (Å²) < 4.78 is 27.7. The standard InChI is InChI=1S/C16H16N2O5S/c1-11(15(19)18-13-7-3-2-4-8-13)23-16(20)12-6-5-9-14(10-12)24(17,21)22/h2-11H,1H3,(H,18,19)(H2,17,21,22)/t11-/m0/s1. The van der Waals surface area contributed by atoms with Gasteiger partial charge in [0.25, 0.3) is 5.91 Å². The Morgan fingerprint density at radius 2 is 1.75 bits per heavy atom. The van der Waals surface area contributed by atoms with Crippen LogP contribution in [0.25, 0.3) is 0 Å². The van der Waals surface area contributed by atoms with Crippen LogP contribution < -0.4 is 10.5 Å². The molecule has 2 aromatic carbocycles. The number of hydrogen-bond donors (Lipinski definition) is 2. The van der Waals surface area contributed by atoms with Gasteiger partial charge in [0.1, 0.15) is 0 Å². The number of carbonyl (C=O) groups excluding carboxylic acids is 2. The summed E-state index contributed by atoms with van der Waals surface area (Å²) in [6.07, 6.45) is -1.06. The molecule has 0 saturated carbocycles. The van der Waals surface area contributed by atoms with Crippen LogP contribution in [0.3, 0.4) is 0 Å². The van der Waals surface area contributed by atoms with Gasteiger partial charge < -0.3 is 10.1 Å². The maximum Gasteiger partial charge on any atom is 0.338 e. The molecule has 7 nitrogen and oxygen atoms in total.